The van der Waals surface area contributed by atoms with E-state index in [1.54, 1.807) is 23.6 Å². The molecule has 1 aliphatic rings. The predicted molar refractivity (Wildman–Crippen MR) is 78.3 cm³/mol. The largest absolute Gasteiger partial charge is 0.481 e. The summed E-state index contributed by atoms with van der Waals surface area (Å²) in [6.07, 6.45) is 2.97. The molecule has 110 valence electrons. The first-order chi connectivity index (χ1) is 10.00. The fourth-order valence-electron chi connectivity index (χ4n) is 2.13. The van der Waals surface area contributed by atoms with Gasteiger partial charge in [-0.15, -0.1) is 11.3 Å². The number of rotatable bonds is 5. The van der Waals surface area contributed by atoms with E-state index in [0.29, 0.717) is 18.5 Å². The van der Waals surface area contributed by atoms with Crippen LogP contribution in [0.25, 0.3) is 11.3 Å². The quantitative estimate of drug-likeness (QED) is 0.787. The van der Waals surface area contributed by atoms with Crippen LogP contribution in [-0.4, -0.2) is 33.5 Å². The van der Waals surface area contributed by atoms with Crippen LogP contribution in [0.5, 0.6) is 0 Å². The number of nitrogens with one attached hydrogen (secondary N) is 2. The summed E-state index contributed by atoms with van der Waals surface area (Å²) in [4.78, 5) is 30.4. The van der Waals surface area contributed by atoms with E-state index in [0.717, 1.165) is 16.3 Å². The first-order valence-corrected chi connectivity index (χ1v) is 7.51. The van der Waals surface area contributed by atoms with Gasteiger partial charge in [-0.25, -0.2) is 4.98 Å². The lowest BCUT2D eigenvalue weighted by Crippen LogP contribution is -2.34. The van der Waals surface area contributed by atoms with Crippen molar-refractivity contribution in [2.45, 2.75) is 19.8 Å². The maximum absolute atomic E-state index is 12.0. The smallest absolute Gasteiger partial charge is 0.311 e. The van der Waals surface area contributed by atoms with Gasteiger partial charge in [0.25, 0.3) is 5.91 Å². The van der Waals surface area contributed by atoms with Crippen LogP contribution < -0.4 is 5.32 Å². The Kier molecular flexibility index (Phi) is 3.29. The third-order valence-electron chi connectivity index (χ3n) is 3.74. The molecule has 0 atom stereocenters. The molecule has 2 aromatic heterocycles. The summed E-state index contributed by atoms with van der Waals surface area (Å²) >= 11 is 1.55. The van der Waals surface area contributed by atoms with Crippen LogP contribution >= 0.6 is 11.3 Å². The van der Waals surface area contributed by atoms with Crippen LogP contribution in [0.2, 0.25) is 0 Å². The number of H-pyrrole nitrogens is 1. The van der Waals surface area contributed by atoms with Crippen molar-refractivity contribution >= 4 is 23.2 Å². The first-order valence-electron chi connectivity index (χ1n) is 6.63. The second-order valence-corrected chi connectivity index (χ2v) is 6.38. The van der Waals surface area contributed by atoms with E-state index in [9.17, 15) is 9.59 Å². The van der Waals surface area contributed by atoms with Crippen LogP contribution in [0, 0.1) is 12.3 Å². The molecule has 0 aromatic carbocycles. The zero-order chi connectivity index (χ0) is 15.0. The molecule has 0 unspecified atom stereocenters. The van der Waals surface area contributed by atoms with Gasteiger partial charge in [0, 0.05) is 23.7 Å². The highest BCUT2D eigenvalue weighted by atomic mass is 32.1. The van der Waals surface area contributed by atoms with Gasteiger partial charge in [-0.05, 0) is 25.8 Å². The Bertz CT molecular complexity index is 700. The summed E-state index contributed by atoms with van der Waals surface area (Å²) in [6.45, 7) is 2.10. The lowest BCUT2D eigenvalue weighted by atomic mass is 10.1. The molecule has 0 spiro atoms. The summed E-state index contributed by atoms with van der Waals surface area (Å²) in [5.41, 5.74) is 1.34. The number of carboxylic acids is 1. The van der Waals surface area contributed by atoms with Crippen molar-refractivity contribution in [3.63, 3.8) is 0 Å². The van der Waals surface area contributed by atoms with Gasteiger partial charge in [0.05, 0.1) is 16.1 Å². The molecule has 7 heteroatoms. The molecule has 0 aliphatic heterocycles. The summed E-state index contributed by atoms with van der Waals surface area (Å²) < 4.78 is 0. The van der Waals surface area contributed by atoms with E-state index in [4.69, 9.17) is 5.11 Å². The van der Waals surface area contributed by atoms with Crippen LogP contribution in [0.15, 0.2) is 17.6 Å². The second kappa shape index (κ2) is 5.00. The third-order valence-corrected chi connectivity index (χ3v) is 4.51. The number of carboxylic acid groups (broad SMARTS) is 1. The van der Waals surface area contributed by atoms with E-state index < -0.39 is 11.4 Å². The van der Waals surface area contributed by atoms with E-state index >= 15 is 0 Å². The van der Waals surface area contributed by atoms with Crippen LogP contribution in [0.4, 0.5) is 0 Å². The molecule has 1 amide bonds. The number of aliphatic carboxylic acids is 1. The Balaban J connectivity index is 1.66. The maximum Gasteiger partial charge on any atom is 0.311 e. The van der Waals surface area contributed by atoms with Crippen molar-refractivity contribution in [2.24, 2.45) is 5.41 Å². The van der Waals surface area contributed by atoms with Crippen LogP contribution in [-0.2, 0) is 4.79 Å². The number of carbonyl (C=O) groups is 2. The van der Waals surface area contributed by atoms with Gasteiger partial charge in [0.1, 0.15) is 5.69 Å². The minimum Gasteiger partial charge on any atom is -0.481 e. The van der Waals surface area contributed by atoms with Gasteiger partial charge in [0.15, 0.2) is 0 Å². The molecule has 0 bridgehead atoms. The van der Waals surface area contributed by atoms with Crippen molar-refractivity contribution in [2.75, 3.05) is 6.54 Å². The van der Waals surface area contributed by atoms with Crippen molar-refractivity contribution in [1.82, 2.24) is 15.3 Å². The molecule has 3 rings (SSSR count). The number of aromatic nitrogens is 2. The Morgan fingerprint density at radius 1 is 1.52 bits per heavy atom. The molecule has 1 fully saturated rings. The standard InChI is InChI=1S/C14H15N3O3S/c1-8-17-11(6-21-8)9-4-10(15-5-9)12(18)16-7-14(2-3-14)13(19)20/h4-6,15H,2-3,7H2,1H3,(H,16,18)(H,19,20). The van der Waals surface area contributed by atoms with E-state index in [-0.39, 0.29) is 12.5 Å². The highest BCUT2D eigenvalue weighted by Gasteiger charge is 2.50. The van der Waals surface area contributed by atoms with Gasteiger partial charge in [-0.3, -0.25) is 9.59 Å². The zero-order valence-corrected chi connectivity index (χ0v) is 12.3. The maximum atomic E-state index is 12.0. The molecule has 6 nitrogen and oxygen atoms in total. The number of thiazole rings is 1. The average molecular weight is 305 g/mol. The molecule has 3 N–H and O–H groups in total. The Morgan fingerprint density at radius 3 is 2.86 bits per heavy atom. The lowest BCUT2D eigenvalue weighted by molar-refractivity contribution is -0.143. The summed E-state index contributed by atoms with van der Waals surface area (Å²) in [7, 11) is 0. The number of carbonyl (C=O) groups excluding carboxylic acids is 1. The Hall–Kier alpha value is -2.15. The predicted octanol–water partition coefficient (Wildman–Crippen LogP) is 2.04. The lowest BCUT2D eigenvalue weighted by Gasteiger charge is -2.10. The minimum atomic E-state index is -0.840. The number of aryl methyl sites for hydroxylation is 1. The topological polar surface area (TPSA) is 95.1 Å². The molecule has 2 aromatic rings. The number of nitrogens with zero attached hydrogens (tertiary/aromatic N) is 1. The SMILES string of the molecule is Cc1nc(-c2c[nH]c(C(=O)NCC3(C(=O)O)CC3)c2)cs1. The molecular weight excluding hydrogens is 290 g/mol. The number of aromatic amines is 1. The molecular formula is C14H15N3O3S. The molecule has 0 radical (unpaired) electrons. The van der Waals surface area contributed by atoms with Crippen molar-refractivity contribution in [3.05, 3.63) is 28.3 Å². The summed E-state index contributed by atoms with van der Waals surface area (Å²) in [5.74, 6) is -1.13. The van der Waals surface area contributed by atoms with Crippen molar-refractivity contribution in [1.29, 1.82) is 0 Å². The van der Waals surface area contributed by atoms with Gasteiger partial charge < -0.3 is 15.4 Å². The third kappa shape index (κ3) is 2.69. The number of hydrogen-bond donors (Lipinski definition) is 3. The number of hydrogen-bond acceptors (Lipinski definition) is 4. The molecule has 2 heterocycles. The van der Waals surface area contributed by atoms with Crippen molar-refractivity contribution in [3.8, 4) is 11.3 Å². The van der Waals surface area contributed by atoms with E-state index in [1.165, 1.54) is 0 Å². The Morgan fingerprint density at radius 2 is 2.29 bits per heavy atom. The molecule has 21 heavy (non-hydrogen) atoms. The van der Waals surface area contributed by atoms with Gasteiger partial charge >= 0.3 is 5.97 Å². The van der Waals surface area contributed by atoms with Crippen LogP contribution in [0.1, 0.15) is 28.3 Å². The Labute approximate surface area is 125 Å². The second-order valence-electron chi connectivity index (χ2n) is 5.32. The zero-order valence-electron chi connectivity index (χ0n) is 11.5. The molecule has 1 aliphatic carbocycles. The summed E-state index contributed by atoms with van der Waals surface area (Å²) in [5, 5.41) is 14.7. The van der Waals surface area contributed by atoms with Gasteiger partial charge in [0.2, 0.25) is 0 Å². The highest BCUT2D eigenvalue weighted by Crippen LogP contribution is 2.45. The minimum absolute atomic E-state index is 0.172. The average Bonchev–Trinajstić information content (AvgIpc) is 2.88. The molecule has 1 saturated carbocycles. The fourth-order valence-corrected chi connectivity index (χ4v) is 2.75. The first kappa shape index (κ1) is 13.8. The normalized spacial score (nSPS) is 15.7. The van der Waals surface area contributed by atoms with Crippen LogP contribution in [0.3, 0.4) is 0 Å². The van der Waals surface area contributed by atoms with Gasteiger partial charge in [-0.2, -0.15) is 0 Å². The summed E-state index contributed by atoms with van der Waals surface area (Å²) in [6, 6.07) is 1.73. The number of amides is 1. The van der Waals surface area contributed by atoms with E-state index in [1.807, 2.05) is 12.3 Å². The van der Waals surface area contributed by atoms with Crippen molar-refractivity contribution < 1.29 is 14.7 Å². The fraction of sp³-hybridized carbons (Fsp3) is 0.357. The monoisotopic (exact) mass is 305 g/mol. The highest BCUT2D eigenvalue weighted by molar-refractivity contribution is 7.09. The van der Waals surface area contributed by atoms with E-state index in [2.05, 4.69) is 15.3 Å². The molecule has 0 saturated heterocycles. The van der Waals surface area contributed by atoms with Gasteiger partial charge in [-0.1, -0.05) is 0 Å².